The summed E-state index contributed by atoms with van der Waals surface area (Å²) in [6.45, 7) is 4.79. The van der Waals surface area contributed by atoms with Crippen molar-refractivity contribution >= 4 is 28.3 Å². The van der Waals surface area contributed by atoms with E-state index in [0.29, 0.717) is 31.1 Å². The van der Waals surface area contributed by atoms with E-state index in [1.807, 2.05) is 31.4 Å². The van der Waals surface area contributed by atoms with E-state index < -0.39 is 11.7 Å². The Balaban J connectivity index is 1.32. The van der Waals surface area contributed by atoms with E-state index in [9.17, 15) is 22.8 Å². The second-order valence-corrected chi connectivity index (χ2v) is 9.35. The summed E-state index contributed by atoms with van der Waals surface area (Å²) in [7, 11) is 0. The van der Waals surface area contributed by atoms with Crippen LogP contribution in [0, 0.1) is 19.8 Å². The van der Waals surface area contributed by atoms with E-state index in [2.05, 4.69) is 16.4 Å². The molecule has 0 radical (unpaired) electrons. The Morgan fingerprint density at radius 1 is 1.06 bits per heavy atom. The summed E-state index contributed by atoms with van der Waals surface area (Å²) in [6, 6.07) is 10.3. The van der Waals surface area contributed by atoms with E-state index in [4.69, 9.17) is 0 Å². The van der Waals surface area contributed by atoms with Crippen molar-refractivity contribution in [1.29, 1.82) is 0 Å². The fourth-order valence-corrected chi connectivity index (χ4v) is 4.81. The highest BCUT2D eigenvalue weighted by atomic mass is 32.1. The van der Waals surface area contributed by atoms with Gasteiger partial charge in [0.1, 0.15) is 0 Å². The van der Waals surface area contributed by atoms with Crippen molar-refractivity contribution in [2.24, 2.45) is 5.92 Å². The van der Waals surface area contributed by atoms with Gasteiger partial charge in [-0.2, -0.15) is 13.2 Å². The molecule has 2 aromatic carbocycles. The highest BCUT2D eigenvalue weighted by Crippen LogP contribution is 2.30. The first kappa shape index (κ1) is 23.9. The van der Waals surface area contributed by atoms with Crippen LogP contribution >= 0.6 is 11.3 Å². The summed E-state index contributed by atoms with van der Waals surface area (Å²) in [6.07, 6.45) is -3.48. The highest BCUT2D eigenvalue weighted by Gasteiger charge is 2.31. The number of halogens is 3. The van der Waals surface area contributed by atoms with Crippen molar-refractivity contribution in [1.82, 2.24) is 9.88 Å². The summed E-state index contributed by atoms with van der Waals surface area (Å²) in [4.78, 5) is 31.5. The predicted octanol–water partition coefficient (Wildman–Crippen LogP) is 5.94. The predicted molar refractivity (Wildman–Crippen MR) is 126 cm³/mol. The maximum Gasteiger partial charge on any atom is 0.416 e. The Hall–Kier alpha value is -3.20. The fraction of sp³-hybridized carbons (Fsp3) is 0.320. The van der Waals surface area contributed by atoms with Crippen LogP contribution in [0.5, 0.6) is 0 Å². The van der Waals surface area contributed by atoms with Crippen LogP contribution < -0.4 is 5.32 Å². The lowest BCUT2D eigenvalue weighted by Gasteiger charge is -2.31. The third-order valence-electron chi connectivity index (χ3n) is 6.00. The average Bonchev–Trinajstić information content (AvgIpc) is 3.26. The molecule has 1 aliphatic rings. The summed E-state index contributed by atoms with van der Waals surface area (Å²) in [5, 5.41) is 5.33. The van der Waals surface area contributed by atoms with E-state index in [1.165, 1.54) is 29.0 Å². The van der Waals surface area contributed by atoms with Gasteiger partial charge in [-0.05, 0) is 56.5 Å². The molecule has 1 aliphatic heterocycles. The molecule has 1 aromatic heterocycles. The molecule has 9 heteroatoms. The number of aryl methyl sites for hydroxylation is 2. The fourth-order valence-electron chi connectivity index (χ4n) is 4.09. The number of alkyl halides is 3. The minimum atomic E-state index is -4.44. The highest BCUT2D eigenvalue weighted by molar-refractivity contribution is 7.14. The SMILES string of the molecule is Cc1ccc(-c2csc(NC(=O)C3CCN(C(=O)c4ccc(C(F)(F)F)cc4)CC3)n2)c(C)c1. The van der Waals surface area contributed by atoms with Crippen LogP contribution in [0.2, 0.25) is 0 Å². The normalized spacial score (nSPS) is 14.8. The molecule has 0 saturated carbocycles. The smallest absolute Gasteiger partial charge is 0.339 e. The molecule has 0 bridgehead atoms. The van der Waals surface area contributed by atoms with Crippen molar-refractivity contribution < 1.29 is 22.8 Å². The number of thiazole rings is 1. The molecule has 178 valence electrons. The number of carbonyl (C=O) groups excluding carboxylic acids is 2. The number of carbonyl (C=O) groups is 2. The Morgan fingerprint density at radius 2 is 1.74 bits per heavy atom. The number of hydrogen-bond donors (Lipinski definition) is 1. The zero-order valence-electron chi connectivity index (χ0n) is 18.8. The Labute approximate surface area is 199 Å². The number of likely N-dealkylation sites (tertiary alicyclic amines) is 1. The first-order valence-corrected chi connectivity index (χ1v) is 11.8. The lowest BCUT2D eigenvalue weighted by molar-refractivity contribution is -0.137. The van der Waals surface area contributed by atoms with Gasteiger partial charge >= 0.3 is 6.18 Å². The van der Waals surface area contributed by atoms with Crippen molar-refractivity contribution in [3.63, 3.8) is 0 Å². The maximum atomic E-state index is 12.7. The molecule has 34 heavy (non-hydrogen) atoms. The van der Waals surface area contributed by atoms with Gasteiger partial charge in [-0.1, -0.05) is 23.8 Å². The van der Waals surface area contributed by atoms with Crippen LogP contribution in [0.4, 0.5) is 18.3 Å². The van der Waals surface area contributed by atoms with E-state index in [0.717, 1.165) is 29.0 Å². The van der Waals surface area contributed by atoms with E-state index >= 15 is 0 Å². The summed E-state index contributed by atoms with van der Waals surface area (Å²) >= 11 is 1.37. The van der Waals surface area contributed by atoms with Crippen LogP contribution in [0.15, 0.2) is 47.8 Å². The average molecular weight is 488 g/mol. The van der Waals surface area contributed by atoms with Gasteiger partial charge < -0.3 is 10.2 Å². The number of rotatable bonds is 4. The number of nitrogens with zero attached hydrogens (tertiary/aromatic N) is 2. The molecule has 2 amide bonds. The lowest BCUT2D eigenvalue weighted by Crippen LogP contribution is -2.41. The zero-order valence-corrected chi connectivity index (χ0v) is 19.6. The van der Waals surface area contributed by atoms with Gasteiger partial charge in [0.05, 0.1) is 11.3 Å². The van der Waals surface area contributed by atoms with Crippen molar-refractivity contribution in [3.8, 4) is 11.3 Å². The molecule has 2 heterocycles. The first-order chi connectivity index (χ1) is 16.1. The number of amides is 2. The Kier molecular flexibility index (Phi) is 6.74. The molecular weight excluding hydrogens is 463 g/mol. The molecule has 1 fully saturated rings. The molecule has 5 nitrogen and oxygen atoms in total. The van der Waals surface area contributed by atoms with Gasteiger partial charge in [0.25, 0.3) is 5.91 Å². The Morgan fingerprint density at radius 3 is 2.35 bits per heavy atom. The molecule has 3 aromatic rings. The van der Waals surface area contributed by atoms with Gasteiger partial charge in [-0.3, -0.25) is 9.59 Å². The molecule has 0 spiro atoms. The number of benzene rings is 2. The van der Waals surface area contributed by atoms with E-state index in [1.54, 1.807) is 4.90 Å². The minimum absolute atomic E-state index is 0.136. The molecule has 0 atom stereocenters. The molecule has 0 aliphatic carbocycles. The third kappa shape index (κ3) is 5.30. The number of aromatic nitrogens is 1. The second-order valence-electron chi connectivity index (χ2n) is 8.49. The van der Waals surface area contributed by atoms with Crippen LogP contribution in [0.3, 0.4) is 0 Å². The van der Waals surface area contributed by atoms with Gasteiger partial charge in [-0.15, -0.1) is 11.3 Å². The lowest BCUT2D eigenvalue weighted by atomic mass is 9.95. The van der Waals surface area contributed by atoms with Gasteiger partial charge in [0.2, 0.25) is 5.91 Å². The van der Waals surface area contributed by atoms with Crippen molar-refractivity contribution in [2.75, 3.05) is 18.4 Å². The zero-order chi connectivity index (χ0) is 24.5. The van der Waals surface area contributed by atoms with Crippen LogP contribution in [0.25, 0.3) is 11.3 Å². The standard InChI is InChI=1S/C25H24F3N3O2S/c1-15-3-8-20(16(2)13-15)21-14-34-24(29-21)30-22(32)17-9-11-31(12-10-17)23(33)18-4-6-19(7-5-18)25(26,27)28/h3-8,13-14,17H,9-12H2,1-2H3,(H,29,30,32). The summed E-state index contributed by atoms with van der Waals surface area (Å²) < 4.78 is 38.2. The summed E-state index contributed by atoms with van der Waals surface area (Å²) in [5.74, 6) is -0.723. The first-order valence-electron chi connectivity index (χ1n) is 10.9. The third-order valence-corrected chi connectivity index (χ3v) is 6.76. The molecule has 1 saturated heterocycles. The van der Waals surface area contributed by atoms with Gasteiger partial charge in [-0.25, -0.2) is 4.98 Å². The largest absolute Gasteiger partial charge is 0.416 e. The number of nitrogens with one attached hydrogen (secondary N) is 1. The Bertz CT molecular complexity index is 1200. The number of anilines is 1. The topological polar surface area (TPSA) is 62.3 Å². The molecule has 4 rings (SSSR count). The van der Waals surface area contributed by atoms with Crippen LogP contribution in [-0.2, 0) is 11.0 Å². The van der Waals surface area contributed by atoms with Crippen LogP contribution in [-0.4, -0.2) is 34.8 Å². The van der Waals surface area contributed by atoms with Gasteiger partial charge in [0, 0.05) is 35.5 Å². The van der Waals surface area contributed by atoms with Crippen molar-refractivity contribution in [3.05, 3.63) is 70.1 Å². The summed E-state index contributed by atoms with van der Waals surface area (Å²) in [5.41, 5.74) is 3.55. The van der Waals surface area contributed by atoms with Crippen LogP contribution in [0.1, 0.15) is 39.9 Å². The maximum absolute atomic E-state index is 12.7. The molecular formula is C25H24F3N3O2S. The second kappa shape index (κ2) is 9.58. The minimum Gasteiger partial charge on any atom is -0.339 e. The van der Waals surface area contributed by atoms with Gasteiger partial charge in [0.15, 0.2) is 5.13 Å². The quantitative estimate of drug-likeness (QED) is 0.496. The van der Waals surface area contributed by atoms with E-state index in [-0.39, 0.29) is 23.3 Å². The molecule has 1 N–H and O–H groups in total. The monoisotopic (exact) mass is 487 g/mol. The number of hydrogen-bond acceptors (Lipinski definition) is 4. The molecule has 0 unspecified atom stereocenters. The van der Waals surface area contributed by atoms with Crippen molar-refractivity contribution in [2.45, 2.75) is 32.9 Å². The number of piperidine rings is 1.